The largest absolute Gasteiger partial charge is 0.496 e. The second-order valence-corrected chi connectivity index (χ2v) is 6.10. The number of ether oxygens (including phenoxy) is 1. The molecule has 1 N–H and O–H groups in total. The Kier molecular flexibility index (Phi) is 6.07. The molecule has 1 saturated carbocycles. The summed E-state index contributed by atoms with van der Waals surface area (Å²) in [7, 11) is 1.72. The average molecular weight is 291 g/mol. The molecule has 0 bridgehead atoms. The summed E-state index contributed by atoms with van der Waals surface area (Å²) >= 11 is 0. The minimum absolute atomic E-state index is 0.431. The van der Waals surface area contributed by atoms with Gasteiger partial charge in [-0.05, 0) is 44.0 Å². The molecule has 2 rings (SSSR count). The molecule has 1 atom stereocenters. The Bertz CT molecular complexity index is 439. The lowest BCUT2D eigenvalue weighted by atomic mass is 9.93. The third-order valence-corrected chi connectivity index (χ3v) is 4.66. The van der Waals surface area contributed by atoms with Crippen LogP contribution in [0.4, 0.5) is 0 Å². The van der Waals surface area contributed by atoms with Gasteiger partial charge in [0.25, 0.3) is 0 Å². The van der Waals surface area contributed by atoms with Crippen LogP contribution in [0.3, 0.4) is 0 Å². The van der Waals surface area contributed by atoms with Gasteiger partial charge in [0, 0.05) is 18.2 Å². The highest BCUT2D eigenvalue weighted by Crippen LogP contribution is 2.28. The monoisotopic (exact) mass is 291 g/mol. The van der Waals surface area contributed by atoms with Crippen LogP contribution in [0.1, 0.15) is 63.2 Å². The molecule has 0 aromatic heterocycles. The van der Waals surface area contributed by atoms with E-state index in [4.69, 9.17) is 4.74 Å². The van der Waals surface area contributed by atoms with Crippen LogP contribution in [-0.4, -0.2) is 29.7 Å². The zero-order chi connectivity index (χ0) is 15.2. The summed E-state index contributed by atoms with van der Waals surface area (Å²) in [4.78, 5) is 2.56. The van der Waals surface area contributed by atoms with E-state index in [0.29, 0.717) is 6.04 Å². The Morgan fingerprint density at radius 1 is 1.29 bits per heavy atom. The quantitative estimate of drug-likeness (QED) is 0.862. The standard InChI is InChI=1S/C18H29NO2/c1-4-19(17-8-6-5-7-9-17)13-16-12-15(14(2)20)10-11-18(16)21-3/h10-12,14,17,20H,4-9,13H2,1-3H3. The van der Waals surface area contributed by atoms with Gasteiger partial charge in [0.05, 0.1) is 13.2 Å². The number of benzene rings is 1. The van der Waals surface area contributed by atoms with Crippen LogP contribution < -0.4 is 4.74 Å². The van der Waals surface area contributed by atoms with E-state index in [1.54, 1.807) is 7.11 Å². The number of rotatable bonds is 6. The van der Waals surface area contributed by atoms with Crippen molar-refractivity contribution >= 4 is 0 Å². The molecule has 0 spiro atoms. The van der Waals surface area contributed by atoms with Gasteiger partial charge in [0.15, 0.2) is 0 Å². The third-order valence-electron chi connectivity index (χ3n) is 4.66. The number of hydrogen-bond acceptors (Lipinski definition) is 3. The summed E-state index contributed by atoms with van der Waals surface area (Å²) in [6, 6.07) is 6.72. The normalized spacial score (nSPS) is 18.0. The molecule has 3 heteroatoms. The van der Waals surface area contributed by atoms with E-state index in [2.05, 4.69) is 17.9 Å². The van der Waals surface area contributed by atoms with Gasteiger partial charge in [-0.3, -0.25) is 4.90 Å². The summed E-state index contributed by atoms with van der Waals surface area (Å²) in [6.45, 7) is 6.02. The lowest BCUT2D eigenvalue weighted by Crippen LogP contribution is -2.36. The minimum atomic E-state index is -0.431. The van der Waals surface area contributed by atoms with Crippen LogP contribution >= 0.6 is 0 Å². The van der Waals surface area contributed by atoms with Crippen molar-refractivity contribution in [3.05, 3.63) is 29.3 Å². The molecule has 1 aliphatic rings. The maximum Gasteiger partial charge on any atom is 0.123 e. The van der Waals surface area contributed by atoms with Gasteiger partial charge in [-0.2, -0.15) is 0 Å². The molecule has 1 fully saturated rings. The van der Waals surface area contributed by atoms with E-state index in [0.717, 1.165) is 24.4 Å². The predicted octanol–water partition coefficient (Wildman–Crippen LogP) is 3.90. The van der Waals surface area contributed by atoms with E-state index in [-0.39, 0.29) is 0 Å². The molecule has 118 valence electrons. The van der Waals surface area contributed by atoms with Gasteiger partial charge >= 0.3 is 0 Å². The fraction of sp³-hybridized carbons (Fsp3) is 0.667. The van der Waals surface area contributed by atoms with Crippen LogP contribution in [0.5, 0.6) is 5.75 Å². The molecule has 0 aliphatic heterocycles. The van der Waals surface area contributed by atoms with Crippen molar-refractivity contribution in [1.82, 2.24) is 4.90 Å². The molecule has 1 aromatic rings. The topological polar surface area (TPSA) is 32.7 Å². The molecule has 0 heterocycles. The first-order valence-corrected chi connectivity index (χ1v) is 8.24. The van der Waals surface area contributed by atoms with Gasteiger partial charge in [0.1, 0.15) is 5.75 Å². The highest BCUT2D eigenvalue weighted by atomic mass is 16.5. The zero-order valence-electron chi connectivity index (χ0n) is 13.6. The van der Waals surface area contributed by atoms with Gasteiger partial charge in [0.2, 0.25) is 0 Å². The molecule has 0 radical (unpaired) electrons. The molecular weight excluding hydrogens is 262 g/mol. The summed E-state index contributed by atoms with van der Waals surface area (Å²) in [6.07, 6.45) is 6.28. The first-order chi connectivity index (χ1) is 10.2. The van der Waals surface area contributed by atoms with E-state index in [1.807, 2.05) is 19.1 Å². The molecule has 3 nitrogen and oxygen atoms in total. The highest BCUT2D eigenvalue weighted by molar-refractivity contribution is 5.38. The summed E-state index contributed by atoms with van der Waals surface area (Å²) in [5.41, 5.74) is 2.15. The smallest absolute Gasteiger partial charge is 0.123 e. The lowest BCUT2D eigenvalue weighted by molar-refractivity contribution is 0.154. The van der Waals surface area contributed by atoms with E-state index < -0.39 is 6.10 Å². The maximum absolute atomic E-state index is 9.80. The summed E-state index contributed by atoms with van der Waals surface area (Å²) < 4.78 is 5.50. The highest BCUT2D eigenvalue weighted by Gasteiger charge is 2.21. The molecule has 21 heavy (non-hydrogen) atoms. The lowest BCUT2D eigenvalue weighted by Gasteiger charge is -2.34. The Labute approximate surface area is 128 Å². The van der Waals surface area contributed by atoms with Crippen LogP contribution in [0.2, 0.25) is 0 Å². The second-order valence-electron chi connectivity index (χ2n) is 6.10. The van der Waals surface area contributed by atoms with Crippen LogP contribution in [0, 0.1) is 0 Å². The van der Waals surface area contributed by atoms with Crippen molar-refractivity contribution < 1.29 is 9.84 Å². The molecule has 1 unspecified atom stereocenters. The maximum atomic E-state index is 9.80. The van der Waals surface area contributed by atoms with Crippen molar-refractivity contribution in [2.45, 2.75) is 64.6 Å². The first kappa shape index (κ1) is 16.3. The predicted molar refractivity (Wildman–Crippen MR) is 86.6 cm³/mol. The number of methoxy groups -OCH3 is 1. The van der Waals surface area contributed by atoms with E-state index in [1.165, 1.54) is 37.7 Å². The van der Waals surface area contributed by atoms with Gasteiger partial charge in [-0.1, -0.05) is 32.3 Å². The fourth-order valence-electron chi connectivity index (χ4n) is 3.35. The SMILES string of the molecule is CCN(Cc1cc(C(C)O)ccc1OC)C1CCCCC1. The van der Waals surface area contributed by atoms with Crippen molar-refractivity contribution in [2.24, 2.45) is 0 Å². The Hall–Kier alpha value is -1.06. The molecule has 0 saturated heterocycles. The number of hydrogen-bond donors (Lipinski definition) is 1. The average Bonchev–Trinajstić information content (AvgIpc) is 2.53. The molecule has 1 aliphatic carbocycles. The van der Waals surface area contributed by atoms with Crippen molar-refractivity contribution in [1.29, 1.82) is 0 Å². The molecule has 1 aromatic carbocycles. The fourth-order valence-corrected chi connectivity index (χ4v) is 3.35. The minimum Gasteiger partial charge on any atom is -0.496 e. The Balaban J connectivity index is 2.16. The van der Waals surface area contributed by atoms with Crippen molar-refractivity contribution in [2.75, 3.05) is 13.7 Å². The first-order valence-electron chi connectivity index (χ1n) is 8.24. The zero-order valence-corrected chi connectivity index (χ0v) is 13.6. The number of aliphatic hydroxyl groups is 1. The summed E-state index contributed by atoms with van der Waals surface area (Å²) in [5.74, 6) is 0.925. The number of aliphatic hydroxyl groups excluding tert-OH is 1. The second kappa shape index (κ2) is 7.81. The van der Waals surface area contributed by atoms with E-state index in [9.17, 15) is 5.11 Å². The van der Waals surface area contributed by atoms with Gasteiger partial charge < -0.3 is 9.84 Å². The van der Waals surface area contributed by atoms with Gasteiger partial charge in [-0.25, -0.2) is 0 Å². The Morgan fingerprint density at radius 3 is 2.57 bits per heavy atom. The summed E-state index contributed by atoms with van der Waals surface area (Å²) in [5, 5.41) is 9.80. The van der Waals surface area contributed by atoms with Crippen LogP contribution in [0.15, 0.2) is 18.2 Å². The Morgan fingerprint density at radius 2 is 2.00 bits per heavy atom. The third kappa shape index (κ3) is 4.21. The molecule has 0 amide bonds. The molecular formula is C18H29NO2. The van der Waals surface area contributed by atoms with Crippen molar-refractivity contribution in [3.8, 4) is 5.75 Å². The van der Waals surface area contributed by atoms with Crippen molar-refractivity contribution in [3.63, 3.8) is 0 Å². The van der Waals surface area contributed by atoms with E-state index >= 15 is 0 Å². The van der Waals surface area contributed by atoms with Crippen LogP contribution in [0.25, 0.3) is 0 Å². The number of nitrogens with zero attached hydrogens (tertiary/aromatic N) is 1. The van der Waals surface area contributed by atoms with Crippen LogP contribution in [-0.2, 0) is 6.54 Å². The van der Waals surface area contributed by atoms with Gasteiger partial charge in [-0.15, -0.1) is 0 Å².